The monoisotopic (exact) mass is 560 g/mol. The number of carbonyl (C=O) groups is 4. The highest BCUT2D eigenvalue weighted by molar-refractivity contribution is 6.00. The lowest BCUT2D eigenvalue weighted by Gasteiger charge is -2.41. The maximum Gasteiger partial charge on any atom is 0.253 e. The third kappa shape index (κ3) is 7.41. The Morgan fingerprint density at radius 1 is 0.951 bits per heavy atom. The Morgan fingerprint density at radius 3 is 2.20 bits per heavy atom. The van der Waals surface area contributed by atoms with Gasteiger partial charge in [-0.2, -0.15) is 0 Å². The average molecular weight is 561 g/mol. The van der Waals surface area contributed by atoms with Gasteiger partial charge in [-0.3, -0.25) is 24.1 Å². The Morgan fingerprint density at radius 2 is 1.59 bits per heavy atom. The summed E-state index contributed by atoms with van der Waals surface area (Å²) in [6.07, 6.45) is 4.97. The molecule has 2 aliphatic rings. The molecule has 0 radical (unpaired) electrons. The van der Waals surface area contributed by atoms with Crippen LogP contribution in [0.1, 0.15) is 44.2 Å². The van der Waals surface area contributed by atoms with Crippen molar-refractivity contribution in [3.63, 3.8) is 0 Å². The van der Waals surface area contributed by atoms with Gasteiger partial charge in [0.1, 0.15) is 25.2 Å². The standard InChI is InChI=1S/C32H40N4O5/c1-23(2)30-32(40)35(27(25-15-9-5-10-16-25)20-36(30)29(38)22-41-3)21-28(37)33-26(19-24-13-7-4-8-14-24)31(39)34-17-11-6-12-18-34/h4-5,7-10,13-16,20,23,26,30H,6,11-12,17-19,21-22H2,1-3H3,(H,33,37)/t26-,30-/m0/s1. The van der Waals surface area contributed by atoms with Crippen molar-refractivity contribution < 1.29 is 23.9 Å². The minimum Gasteiger partial charge on any atom is -0.375 e. The van der Waals surface area contributed by atoms with Crippen LogP contribution in [0.3, 0.4) is 0 Å². The summed E-state index contributed by atoms with van der Waals surface area (Å²) >= 11 is 0. The van der Waals surface area contributed by atoms with E-state index in [0.29, 0.717) is 30.8 Å². The minimum atomic E-state index is -0.798. The molecule has 2 heterocycles. The van der Waals surface area contributed by atoms with Crippen LogP contribution >= 0.6 is 0 Å². The molecule has 1 N–H and O–H groups in total. The van der Waals surface area contributed by atoms with Crippen LogP contribution in [0.5, 0.6) is 0 Å². The molecule has 1 saturated heterocycles. The Kier molecular flexibility index (Phi) is 10.3. The van der Waals surface area contributed by atoms with Gasteiger partial charge in [-0.15, -0.1) is 0 Å². The number of benzene rings is 2. The number of hydrogen-bond acceptors (Lipinski definition) is 5. The van der Waals surface area contributed by atoms with E-state index in [4.69, 9.17) is 4.74 Å². The second-order valence-corrected chi connectivity index (χ2v) is 10.9. The molecule has 9 nitrogen and oxygen atoms in total. The number of nitrogens with one attached hydrogen (secondary N) is 1. The summed E-state index contributed by atoms with van der Waals surface area (Å²) in [5.74, 6) is -1.46. The van der Waals surface area contributed by atoms with Gasteiger partial charge >= 0.3 is 0 Å². The quantitative estimate of drug-likeness (QED) is 0.482. The maximum atomic E-state index is 14.0. The van der Waals surface area contributed by atoms with Gasteiger partial charge in [0.2, 0.25) is 11.8 Å². The fourth-order valence-electron chi connectivity index (χ4n) is 5.48. The number of piperidine rings is 1. The number of amides is 4. The van der Waals surface area contributed by atoms with Gasteiger partial charge in [0.25, 0.3) is 11.8 Å². The third-order valence-electron chi connectivity index (χ3n) is 7.51. The second-order valence-electron chi connectivity index (χ2n) is 10.9. The lowest BCUT2D eigenvalue weighted by molar-refractivity contribution is -0.147. The molecule has 2 aliphatic heterocycles. The summed E-state index contributed by atoms with van der Waals surface area (Å²) in [5, 5.41) is 2.95. The number of likely N-dealkylation sites (tertiary alicyclic amines) is 1. The fourth-order valence-corrected chi connectivity index (χ4v) is 5.48. The number of nitrogens with zero attached hydrogens (tertiary/aromatic N) is 3. The molecule has 0 spiro atoms. The van der Waals surface area contributed by atoms with Crippen LogP contribution in [0.15, 0.2) is 66.9 Å². The maximum absolute atomic E-state index is 14.0. The van der Waals surface area contributed by atoms with Crippen molar-refractivity contribution in [2.24, 2.45) is 5.92 Å². The van der Waals surface area contributed by atoms with E-state index in [1.165, 1.54) is 16.9 Å². The summed E-state index contributed by atoms with van der Waals surface area (Å²) in [5.41, 5.74) is 2.07. The van der Waals surface area contributed by atoms with E-state index < -0.39 is 18.0 Å². The van der Waals surface area contributed by atoms with Gasteiger partial charge in [0, 0.05) is 32.8 Å². The summed E-state index contributed by atoms with van der Waals surface area (Å²) in [7, 11) is 1.43. The Labute approximate surface area is 242 Å². The molecule has 1 fully saturated rings. The van der Waals surface area contributed by atoms with Crippen LogP contribution in [0.2, 0.25) is 0 Å². The second kappa shape index (κ2) is 14.1. The van der Waals surface area contributed by atoms with Crippen molar-refractivity contribution in [1.29, 1.82) is 0 Å². The zero-order chi connectivity index (χ0) is 29.4. The molecule has 0 saturated carbocycles. The molecule has 0 aromatic heterocycles. The highest BCUT2D eigenvalue weighted by Gasteiger charge is 2.41. The van der Waals surface area contributed by atoms with Crippen molar-refractivity contribution in [2.45, 2.75) is 51.6 Å². The van der Waals surface area contributed by atoms with Crippen molar-refractivity contribution in [2.75, 3.05) is 33.4 Å². The molecule has 4 amide bonds. The number of methoxy groups -OCH3 is 1. The molecule has 9 heteroatoms. The van der Waals surface area contributed by atoms with Crippen LogP contribution in [0.4, 0.5) is 0 Å². The molecule has 0 unspecified atom stereocenters. The van der Waals surface area contributed by atoms with Crippen LogP contribution in [-0.4, -0.2) is 83.8 Å². The summed E-state index contributed by atoms with van der Waals surface area (Å²) in [6, 6.07) is 17.2. The first-order chi connectivity index (χ1) is 19.8. The first-order valence-electron chi connectivity index (χ1n) is 14.3. The van der Waals surface area contributed by atoms with E-state index in [9.17, 15) is 19.2 Å². The van der Waals surface area contributed by atoms with Crippen molar-refractivity contribution in [1.82, 2.24) is 20.0 Å². The first kappa shape index (κ1) is 30.0. The van der Waals surface area contributed by atoms with Gasteiger partial charge in [-0.1, -0.05) is 74.5 Å². The fraction of sp³-hybridized carbons (Fsp3) is 0.438. The molecule has 2 aromatic rings. The van der Waals surface area contributed by atoms with E-state index in [2.05, 4.69) is 5.32 Å². The predicted octanol–water partition coefficient (Wildman–Crippen LogP) is 3.07. The molecule has 0 bridgehead atoms. The molecule has 2 atom stereocenters. The van der Waals surface area contributed by atoms with E-state index in [1.54, 1.807) is 6.20 Å². The van der Waals surface area contributed by atoms with E-state index >= 15 is 0 Å². The summed E-state index contributed by atoms with van der Waals surface area (Å²) < 4.78 is 5.07. The number of ether oxygens (including phenoxy) is 1. The van der Waals surface area contributed by atoms with Gasteiger partial charge in [-0.05, 0) is 36.3 Å². The average Bonchev–Trinajstić information content (AvgIpc) is 2.98. The molecule has 218 valence electrons. The molecule has 41 heavy (non-hydrogen) atoms. The van der Waals surface area contributed by atoms with Gasteiger partial charge in [0.05, 0.1) is 5.70 Å². The highest BCUT2D eigenvalue weighted by atomic mass is 16.5. The van der Waals surface area contributed by atoms with Gasteiger partial charge in [0.15, 0.2) is 0 Å². The van der Waals surface area contributed by atoms with E-state index in [1.807, 2.05) is 79.4 Å². The Bertz CT molecular complexity index is 1240. The SMILES string of the molecule is COCC(=O)N1C=C(c2ccccc2)N(CC(=O)N[C@@H](Cc2ccccc2)C(=O)N2CCCCC2)C(=O)[C@@H]1C(C)C. The van der Waals surface area contributed by atoms with Gasteiger partial charge in [-0.25, -0.2) is 0 Å². The minimum absolute atomic E-state index is 0.109. The largest absolute Gasteiger partial charge is 0.375 e. The van der Waals surface area contributed by atoms with Crippen molar-refractivity contribution in [3.05, 3.63) is 78.0 Å². The topological polar surface area (TPSA) is 99.3 Å². The summed E-state index contributed by atoms with van der Waals surface area (Å²) in [4.78, 5) is 58.8. The van der Waals surface area contributed by atoms with Crippen molar-refractivity contribution in [3.8, 4) is 0 Å². The van der Waals surface area contributed by atoms with Crippen molar-refractivity contribution >= 4 is 29.3 Å². The Balaban J connectivity index is 1.62. The lowest BCUT2D eigenvalue weighted by Crippen LogP contribution is -2.58. The normalized spacial score (nSPS) is 18.2. The smallest absolute Gasteiger partial charge is 0.253 e. The molecule has 0 aliphatic carbocycles. The molecular weight excluding hydrogens is 520 g/mol. The van der Waals surface area contributed by atoms with E-state index in [-0.39, 0.29) is 36.8 Å². The molecular formula is C32H40N4O5. The predicted molar refractivity (Wildman–Crippen MR) is 156 cm³/mol. The lowest BCUT2D eigenvalue weighted by atomic mass is 9.97. The highest BCUT2D eigenvalue weighted by Crippen LogP contribution is 2.30. The van der Waals surface area contributed by atoms with Crippen LogP contribution in [0, 0.1) is 5.92 Å². The zero-order valence-corrected chi connectivity index (χ0v) is 24.1. The number of rotatable bonds is 10. The zero-order valence-electron chi connectivity index (χ0n) is 24.1. The third-order valence-corrected chi connectivity index (χ3v) is 7.51. The van der Waals surface area contributed by atoms with Crippen LogP contribution in [-0.2, 0) is 30.3 Å². The van der Waals surface area contributed by atoms with Crippen LogP contribution < -0.4 is 5.32 Å². The molecule has 4 rings (SSSR count). The Hall–Kier alpha value is -3.98. The molecule has 2 aromatic carbocycles. The van der Waals surface area contributed by atoms with Gasteiger partial charge < -0.3 is 19.9 Å². The number of carbonyl (C=O) groups excluding carboxylic acids is 4. The summed E-state index contributed by atoms with van der Waals surface area (Å²) in [6.45, 7) is 4.62. The number of hydrogen-bond donors (Lipinski definition) is 1. The first-order valence-corrected chi connectivity index (χ1v) is 14.3. The van der Waals surface area contributed by atoms with Crippen LogP contribution in [0.25, 0.3) is 5.70 Å². The van der Waals surface area contributed by atoms with E-state index in [0.717, 1.165) is 24.8 Å².